The van der Waals surface area contributed by atoms with Crippen molar-refractivity contribution in [3.8, 4) is 0 Å². The molecule has 0 unspecified atom stereocenters. The molecule has 0 aliphatic heterocycles. The Kier molecular flexibility index (Phi) is 30.5. The largest absolute Gasteiger partial charge is 2.00 e. The second-order valence-electron chi connectivity index (χ2n) is 1.72. The average Bonchev–Trinajstić information content (AvgIpc) is 1.82. The number of hydrogen-bond acceptors (Lipinski definition) is 5. The minimum absolute atomic E-state index is 0. The zero-order chi connectivity index (χ0) is 12.1. The summed E-state index contributed by atoms with van der Waals surface area (Å²) < 4.78 is 0. The summed E-state index contributed by atoms with van der Waals surface area (Å²) in [5.74, 6) is 0.0394. The molecule has 0 saturated heterocycles. The van der Waals surface area contributed by atoms with Crippen LogP contribution in [0.2, 0.25) is 0 Å². The molecular weight excluding hydrogens is 292 g/mol. The van der Waals surface area contributed by atoms with E-state index in [9.17, 15) is 4.79 Å². The molecule has 0 aromatic rings. The predicted octanol–water partition coefficient (Wildman–Crippen LogP) is -2.68. The molecular formula is C6H13N3O3S2Zn. The van der Waals surface area contributed by atoms with Crippen LogP contribution < -0.4 is 27.0 Å². The van der Waals surface area contributed by atoms with Crippen molar-refractivity contribution >= 4 is 40.7 Å². The van der Waals surface area contributed by atoms with Crippen LogP contribution in [-0.2, 0) is 24.3 Å². The molecule has 6 nitrogen and oxygen atoms in total. The number of hydrogen-bond donors (Lipinski definition) is 3. The number of amides is 1. The number of nitrogens with one attached hydrogen (secondary N) is 1. The Morgan fingerprint density at radius 3 is 1.47 bits per heavy atom. The number of thiocarbonyl (C=S) groups is 2. The van der Waals surface area contributed by atoms with E-state index in [4.69, 9.17) is 10.2 Å². The van der Waals surface area contributed by atoms with Crippen LogP contribution in [0.25, 0.3) is 0 Å². The van der Waals surface area contributed by atoms with Gasteiger partial charge in [-0.15, -0.1) is 0 Å². The maximum absolute atomic E-state index is 9.93. The van der Waals surface area contributed by atoms with Crippen LogP contribution in [0.4, 0.5) is 0 Å². The van der Waals surface area contributed by atoms with Gasteiger partial charge in [0.15, 0.2) is 0 Å². The van der Waals surface area contributed by atoms with Gasteiger partial charge in [-0.05, 0) is 6.92 Å². The fourth-order valence-electron chi connectivity index (χ4n) is 0.249. The Hall–Kier alpha value is -0.527. The molecule has 9 heteroatoms. The third kappa shape index (κ3) is 290. The first-order valence-corrected chi connectivity index (χ1v) is 4.23. The van der Waals surface area contributed by atoms with E-state index < -0.39 is 10.3 Å². The van der Waals surface area contributed by atoms with Gasteiger partial charge in [0.05, 0.1) is 0 Å². The molecule has 0 spiro atoms. The number of nitrogens with two attached hydrogens (primary N) is 2. The Labute approximate surface area is 112 Å². The smallest absolute Gasteiger partial charge is 0.852 e. The number of rotatable bonds is 1. The van der Waals surface area contributed by atoms with Gasteiger partial charge in [-0.25, -0.2) is 0 Å². The summed E-state index contributed by atoms with van der Waals surface area (Å²) in [5, 5.41) is 19.1. The van der Waals surface area contributed by atoms with E-state index >= 15 is 0 Å². The average molecular weight is 305 g/mol. The van der Waals surface area contributed by atoms with Crippen molar-refractivity contribution in [2.75, 3.05) is 6.54 Å². The fraction of sp³-hybridized carbons (Fsp3) is 0.500. The van der Waals surface area contributed by atoms with Crippen molar-refractivity contribution in [3.05, 3.63) is 0 Å². The molecule has 0 saturated carbocycles. The third-order valence-electron chi connectivity index (χ3n) is 0.426. The molecule has 0 aliphatic rings. The van der Waals surface area contributed by atoms with Crippen LogP contribution >= 0.6 is 24.4 Å². The van der Waals surface area contributed by atoms with Crippen LogP contribution in [0, 0.1) is 0 Å². The summed E-state index contributed by atoms with van der Waals surface area (Å²) in [6, 6.07) is 0. The van der Waals surface area contributed by atoms with E-state index in [1.54, 1.807) is 0 Å². The summed E-state index contributed by atoms with van der Waals surface area (Å²) in [6.07, 6.45) is 0. The molecule has 0 aliphatic carbocycles. The Morgan fingerprint density at radius 1 is 1.27 bits per heavy atom. The number of carbonyl (C=O) groups excluding carboxylic acids is 1. The van der Waals surface area contributed by atoms with Gasteiger partial charge in [-0.3, -0.25) is 4.79 Å². The zero-order valence-electron chi connectivity index (χ0n) is 8.61. The fourth-order valence-corrected chi connectivity index (χ4v) is 0.249. The summed E-state index contributed by atoms with van der Waals surface area (Å²) >= 11 is 7.52. The van der Waals surface area contributed by atoms with Crippen molar-refractivity contribution in [1.29, 1.82) is 0 Å². The monoisotopic (exact) mass is 303 g/mol. The van der Waals surface area contributed by atoms with Crippen LogP contribution in [-0.4, -0.2) is 22.8 Å². The molecule has 0 heterocycles. The summed E-state index contributed by atoms with van der Waals surface area (Å²) in [5.41, 5.74) is 8.57. The van der Waals surface area contributed by atoms with Gasteiger partial charge in [0, 0.05) is 23.8 Å². The van der Waals surface area contributed by atoms with Crippen molar-refractivity contribution in [2.24, 2.45) is 11.5 Å². The maximum Gasteiger partial charge on any atom is 2.00 e. The van der Waals surface area contributed by atoms with Crippen molar-refractivity contribution in [2.45, 2.75) is 13.8 Å². The van der Waals surface area contributed by atoms with Gasteiger partial charge in [0.2, 0.25) is 5.91 Å². The normalized spacial score (nSPS) is 6.27. The molecule has 0 radical (unpaired) electrons. The van der Waals surface area contributed by atoms with E-state index in [0.717, 1.165) is 6.54 Å². The minimum Gasteiger partial charge on any atom is -0.852 e. The van der Waals surface area contributed by atoms with Crippen LogP contribution in [0.1, 0.15) is 13.8 Å². The quantitative estimate of drug-likeness (QED) is 0.356. The second kappa shape index (κ2) is 19.1. The maximum atomic E-state index is 9.93. The van der Waals surface area contributed by atoms with Gasteiger partial charge < -0.3 is 27.0 Å². The van der Waals surface area contributed by atoms with Gasteiger partial charge in [0.25, 0.3) is 0 Å². The molecule has 0 atom stereocenters. The van der Waals surface area contributed by atoms with E-state index in [1.807, 2.05) is 6.92 Å². The standard InChI is InChI=1S/C4H9NO.2CH3NOS.Zn/c1-3-5-4(2)6;2*2-1(3)4;/h3H2,1-2H3,(H,5,6);2*(H3,2,3,4);/q;;;+2/p-2. The van der Waals surface area contributed by atoms with Crippen LogP contribution in [0.5, 0.6) is 0 Å². The molecule has 0 fully saturated rings. The van der Waals surface area contributed by atoms with Crippen LogP contribution in [0.3, 0.4) is 0 Å². The number of carbonyl (C=O) groups is 1. The van der Waals surface area contributed by atoms with Gasteiger partial charge in [-0.2, -0.15) is 0 Å². The molecule has 1 amide bonds. The van der Waals surface area contributed by atoms with E-state index in [2.05, 4.69) is 41.2 Å². The van der Waals surface area contributed by atoms with Gasteiger partial charge in [0.1, 0.15) is 0 Å². The Balaban J connectivity index is -0.0000000606. The summed E-state index contributed by atoms with van der Waals surface area (Å²) in [4.78, 5) is 9.93. The summed E-state index contributed by atoms with van der Waals surface area (Å²) in [7, 11) is 0. The SMILES string of the molecule is CCNC(C)=O.NC([O-])=S.NC([O-])=S.[Zn+2]. The Bertz CT molecular complexity index is 172. The van der Waals surface area contributed by atoms with Crippen molar-refractivity contribution < 1.29 is 34.5 Å². The topological polar surface area (TPSA) is 127 Å². The Morgan fingerprint density at radius 2 is 1.47 bits per heavy atom. The van der Waals surface area contributed by atoms with E-state index in [1.165, 1.54) is 6.92 Å². The van der Waals surface area contributed by atoms with Gasteiger partial charge >= 0.3 is 19.5 Å². The zero-order valence-corrected chi connectivity index (χ0v) is 13.2. The van der Waals surface area contributed by atoms with Crippen LogP contribution in [0.15, 0.2) is 0 Å². The van der Waals surface area contributed by atoms with E-state index in [0.29, 0.717) is 0 Å². The first kappa shape index (κ1) is 24.0. The van der Waals surface area contributed by atoms with E-state index in [-0.39, 0.29) is 25.4 Å². The minimum atomic E-state index is -0.750. The molecule has 0 bridgehead atoms. The molecule has 0 aromatic heterocycles. The molecule has 5 N–H and O–H groups in total. The van der Waals surface area contributed by atoms with Crippen molar-refractivity contribution in [3.63, 3.8) is 0 Å². The van der Waals surface area contributed by atoms with Crippen molar-refractivity contribution in [1.82, 2.24) is 5.32 Å². The first-order valence-electron chi connectivity index (χ1n) is 3.41. The summed E-state index contributed by atoms with van der Waals surface area (Å²) in [6.45, 7) is 4.13. The predicted molar refractivity (Wildman–Crippen MR) is 57.9 cm³/mol. The first-order chi connectivity index (χ1) is 6.23. The molecule has 84 valence electrons. The molecule has 0 aromatic carbocycles. The third-order valence-corrected chi connectivity index (χ3v) is 0.426. The van der Waals surface area contributed by atoms with Gasteiger partial charge in [-0.1, -0.05) is 24.4 Å². The molecule has 0 rings (SSSR count). The second-order valence-corrected chi connectivity index (χ2v) is 2.53. The molecule has 15 heavy (non-hydrogen) atoms.